The molecule has 0 amide bonds. The molecular formula is C15H19BrFN3. The number of rotatable bonds is 6. The van der Waals surface area contributed by atoms with Crippen molar-refractivity contribution in [1.82, 2.24) is 15.1 Å². The van der Waals surface area contributed by atoms with Crippen molar-refractivity contribution in [1.29, 1.82) is 0 Å². The van der Waals surface area contributed by atoms with Gasteiger partial charge in [0.05, 0.1) is 15.9 Å². The molecule has 108 valence electrons. The predicted molar refractivity (Wildman–Crippen MR) is 82.1 cm³/mol. The highest BCUT2D eigenvalue weighted by Gasteiger charge is 2.11. The fraction of sp³-hybridized carbons (Fsp3) is 0.400. The van der Waals surface area contributed by atoms with E-state index < -0.39 is 0 Å². The van der Waals surface area contributed by atoms with Crippen molar-refractivity contribution < 1.29 is 4.39 Å². The van der Waals surface area contributed by atoms with Crippen molar-refractivity contribution in [2.75, 3.05) is 6.54 Å². The average Bonchev–Trinajstić information content (AvgIpc) is 2.72. The quantitative estimate of drug-likeness (QED) is 0.819. The molecular weight excluding hydrogens is 321 g/mol. The van der Waals surface area contributed by atoms with E-state index >= 15 is 0 Å². The van der Waals surface area contributed by atoms with E-state index in [0.29, 0.717) is 6.42 Å². The topological polar surface area (TPSA) is 29.9 Å². The Morgan fingerprint density at radius 1 is 1.35 bits per heavy atom. The van der Waals surface area contributed by atoms with E-state index in [1.165, 1.54) is 6.07 Å². The molecule has 2 rings (SSSR count). The number of nitrogens with zero attached hydrogens (tertiary/aromatic N) is 2. The highest BCUT2D eigenvalue weighted by atomic mass is 79.9. The molecule has 1 N–H and O–H groups in total. The first-order valence-electron chi connectivity index (χ1n) is 6.77. The van der Waals surface area contributed by atoms with Crippen LogP contribution < -0.4 is 5.32 Å². The summed E-state index contributed by atoms with van der Waals surface area (Å²) >= 11 is 3.59. The number of halogens is 2. The van der Waals surface area contributed by atoms with Crippen molar-refractivity contribution in [3.63, 3.8) is 0 Å². The first kappa shape index (κ1) is 15.2. The van der Waals surface area contributed by atoms with E-state index in [9.17, 15) is 4.39 Å². The normalized spacial score (nSPS) is 11.0. The summed E-state index contributed by atoms with van der Waals surface area (Å²) < 4.78 is 16.4. The first-order valence-corrected chi connectivity index (χ1v) is 7.57. The summed E-state index contributed by atoms with van der Waals surface area (Å²) in [5.41, 5.74) is 2.94. The fourth-order valence-electron chi connectivity index (χ4n) is 2.14. The Morgan fingerprint density at radius 2 is 2.10 bits per heavy atom. The van der Waals surface area contributed by atoms with Crippen LogP contribution in [0, 0.1) is 5.82 Å². The second-order valence-electron chi connectivity index (χ2n) is 4.70. The maximum absolute atomic E-state index is 13.5. The maximum atomic E-state index is 13.5. The zero-order valence-electron chi connectivity index (χ0n) is 11.8. The molecule has 0 radical (unpaired) electrons. The molecule has 2 aromatic rings. The van der Waals surface area contributed by atoms with Crippen LogP contribution in [-0.4, -0.2) is 16.3 Å². The van der Waals surface area contributed by atoms with Gasteiger partial charge in [-0.1, -0.05) is 25.1 Å². The van der Waals surface area contributed by atoms with E-state index in [2.05, 4.69) is 33.3 Å². The van der Waals surface area contributed by atoms with Gasteiger partial charge in [-0.3, -0.25) is 4.68 Å². The van der Waals surface area contributed by atoms with Gasteiger partial charge >= 0.3 is 0 Å². The highest BCUT2D eigenvalue weighted by Crippen LogP contribution is 2.21. The summed E-state index contributed by atoms with van der Waals surface area (Å²) in [6, 6.07) is 6.90. The molecule has 0 bridgehead atoms. The minimum Gasteiger partial charge on any atom is -0.311 e. The molecule has 0 unspecified atom stereocenters. The molecule has 1 heterocycles. The molecule has 0 atom stereocenters. The van der Waals surface area contributed by atoms with Crippen LogP contribution in [0.4, 0.5) is 4.39 Å². The van der Waals surface area contributed by atoms with Gasteiger partial charge in [-0.2, -0.15) is 5.10 Å². The maximum Gasteiger partial charge on any atom is 0.126 e. The average molecular weight is 340 g/mol. The lowest BCUT2D eigenvalue weighted by atomic mass is 10.1. The molecule has 0 aliphatic heterocycles. The number of benzene rings is 1. The summed E-state index contributed by atoms with van der Waals surface area (Å²) in [5, 5.41) is 7.79. The Morgan fingerprint density at radius 3 is 2.75 bits per heavy atom. The lowest BCUT2D eigenvalue weighted by Gasteiger charge is -2.07. The molecule has 0 saturated carbocycles. The molecule has 0 spiro atoms. The van der Waals surface area contributed by atoms with Gasteiger partial charge in [-0.15, -0.1) is 0 Å². The number of nitrogens with one attached hydrogen (secondary N) is 1. The summed E-state index contributed by atoms with van der Waals surface area (Å²) in [6.07, 6.45) is 1.59. The fourth-order valence-corrected chi connectivity index (χ4v) is 2.90. The molecule has 1 aromatic heterocycles. The van der Waals surface area contributed by atoms with E-state index in [1.807, 2.05) is 23.9 Å². The Hall–Kier alpha value is -1.20. The molecule has 20 heavy (non-hydrogen) atoms. The van der Waals surface area contributed by atoms with Crippen LogP contribution in [0.25, 0.3) is 0 Å². The number of hydrogen-bond acceptors (Lipinski definition) is 2. The molecule has 0 aliphatic carbocycles. The zero-order valence-corrected chi connectivity index (χ0v) is 13.4. The first-order chi connectivity index (χ1) is 9.63. The third kappa shape index (κ3) is 3.46. The van der Waals surface area contributed by atoms with E-state index in [-0.39, 0.29) is 5.82 Å². The Labute approximate surface area is 127 Å². The lowest BCUT2D eigenvalue weighted by Crippen LogP contribution is -2.19. The summed E-state index contributed by atoms with van der Waals surface area (Å²) in [5.74, 6) is -0.135. The van der Waals surface area contributed by atoms with Crippen molar-refractivity contribution >= 4 is 15.9 Å². The van der Waals surface area contributed by atoms with Gasteiger partial charge in [0.1, 0.15) is 5.82 Å². The second kappa shape index (κ2) is 6.99. The van der Waals surface area contributed by atoms with Crippen LogP contribution in [-0.2, 0) is 26.4 Å². The van der Waals surface area contributed by atoms with Crippen LogP contribution in [0.2, 0.25) is 0 Å². The Balaban J connectivity index is 1.88. The largest absolute Gasteiger partial charge is 0.311 e. The highest BCUT2D eigenvalue weighted by molar-refractivity contribution is 9.10. The predicted octanol–water partition coefficient (Wildman–Crippen LogP) is 3.22. The summed E-state index contributed by atoms with van der Waals surface area (Å²) in [6.45, 7) is 3.54. The third-order valence-corrected chi connectivity index (χ3v) is 4.24. The van der Waals surface area contributed by atoms with Gasteiger partial charge < -0.3 is 5.32 Å². The molecule has 1 aromatic carbocycles. The van der Waals surface area contributed by atoms with Gasteiger partial charge in [0.2, 0.25) is 0 Å². The van der Waals surface area contributed by atoms with Crippen LogP contribution >= 0.6 is 15.9 Å². The molecule has 3 nitrogen and oxygen atoms in total. The smallest absolute Gasteiger partial charge is 0.126 e. The van der Waals surface area contributed by atoms with Crippen molar-refractivity contribution in [2.24, 2.45) is 7.05 Å². The third-order valence-electron chi connectivity index (χ3n) is 3.32. The van der Waals surface area contributed by atoms with E-state index in [1.54, 1.807) is 6.07 Å². The standard InChI is InChI=1S/C15H19BrFN3/c1-3-13-15(16)14(20(2)19-13)10-18-9-8-11-6-4-5-7-12(11)17/h4-7,18H,3,8-10H2,1-2H3. The minimum atomic E-state index is -0.135. The van der Waals surface area contributed by atoms with Crippen LogP contribution in [0.3, 0.4) is 0 Å². The van der Waals surface area contributed by atoms with Crippen LogP contribution in [0.15, 0.2) is 28.7 Å². The van der Waals surface area contributed by atoms with Gasteiger partial charge in [0.25, 0.3) is 0 Å². The summed E-state index contributed by atoms with van der Waals surface area (Å²) in [7, 11) is 1.94. The van der Waals surface area contributed by atoms with Gasteiger partial charge in [0.15, 0.2) is 0 Å². The van der Waals surface area contributed by atoms with Gasteiger partial charge in [-0.25, -0.2) is 4.39 Å². The Bertz CT molecular complexity index is 580. The molecule has 0 aliphatic rings. The van der Waals surface area contributed by atoms with E-state index in [4.69, 9.17) is 0 Å². The number of aryl methyl sites for hydroxylation is 2. The minimum absolute atomic E-state index is 0.135. The van der Waals surface area contributed by atoms with Crippen molar-refractivity contribution in [2.45, 2.75) is 26.3 Å². The van der Waals surface area contributed by atoms with Crippen LogP contribution in [0.5, 0.6) is 0 Å². The monoisotopic (exact) mass is 339 g/mol. The molecule has 0 saturated heterocycles. The molecule has 5 heteroatoms. The Kier molecular flexibility index (Phi) is 5.31. The van der Waals surface area contributed by atoms with Gasteiger partial charge in [-0.05, 0) is 46.9 Å². The number of aromatic nitrogens is 2. The van der Waals surface area contributed by atoms with Crippen molar-refractivity contribution in [3.8, 4) is 0 Å². The van der Waals surface area contributed by atoms with Crippen molar-refractivity contribution in [3.05, 3.63) is 51.5 Å². The van der Waals surface area contributed by atoms with Crippen LogP contribution in [0.1, 0.15) is 23.9 Å². The van der Waals surface area contributed by atoms with E-state index in [0.717, 1.165) is 40.9 Å². The lowest BCUT2D eigenvalue weighted by molar-refractivity contribution is 0.588. The number of hydrogen-bond donors (Lipinski definition) is 1. The summed E-state index contributed by atoms with van der Waals surface area (Å²) in [4.78, 5) is 0. The second-order valence-corrected chi connectivity index (χ2v) is 5.50. The van der Waals surface area contributed by atoms with Gasteiger partial charge in [0, 0.05) is 13.6 Å². The molecule has 0 fully saturated rings. The SMILES string of the molecule is CCc1nn(C)c(CNCCc2ccccc2F)c1Br. The zero-order chi connectivity index (χ0) is 14.5.